The number of benzene rings is 3. The first-order valence-corrected chi connectivity index (χ1v) is 10.5. The van der Waals surface area contributed by atoms with Crippen LogP contribution in [-0.4, -0.2) is 27.9 Å². The first kappa shape index (κ1) is 22.0. The van der Waals surface area contributed by atoms with Crippen LogP contribution < -0.4 is 5.32 Å². The molecule has 4 rings (SSSR count). The molecule has 2 amide bonds. The van der Waals surface area contributed by atoms with Gasteiger partial charge in [0.1, 0.15) is 12.6 Å². The van der Waals surface area contributed by atoms with Gasteiger partial charge < -0.3 is 10.1 Å². The van der Waals surface area contributed by atoms with Crippen LogP contribution in [-0.2, 0) is 29.1 Å². The van der Waals surface area contributed by atoms with E-state index in [1.807, 2.05) is 54.6 Å². The number of non-ortho nitro benzene ring substituents is 1. The second kappa shape index (κ2) is 9.52. The SMILES string of the molecule is Cc1ccc([N+](=O)[O-])cc1NC(=O)[C@@H]1Cc2ccccc2CN1C(=O)OCc1ccccc1. The topological polar surface area (TPSA) is 102 Å². The maximum absolute atomic E-state index is 13.3. The monoisotopic (exact) mass is 445 g/mol. The fourth-order valence-corrected chi connectivity index (χ4v) is 3.83. The van der Waals surface area contributed by atoms with Gasteiger partial charge in [-0.1, -0.05) is 60.7 Å². The van der Waals surface area contributed by atoms with Crippen molar-refractivity contribution in [1.82, 2.24) is 4.90 Å². The number of fused-ring (bicyclic) bond motifs is 1. The molecule has 0 saturated heterocycles. The lowest BCUT2D eigenvalue weighted by Crippen LogP contribution is -2.50. The van der Waals surface area contributed by atoms with E-state index in [0.29, 0.717) is 17.7 Å². The third kappa shape index (κ3) is 5.01. The highest BCUT2D eigenvalue weighted by Gasteiger charge is 2.36. The minimum atomic E-state index is -0.818. The van der Waals surface area contributed by atoms with Gasteiger partial charge in [-0.05, 0) is 29.2 Å². The van der Waals surface area contributed by atoms with Crippen molar-refractivity contribution >= 4 is 23.4 Å². The molecule has 8 heteroatoms. The molecule has 0 spiro atoms. The highest BCUT2D eigenvalue weighted by molar-refractivity contribution is 5.97. The highest BCUT2D eigenvalue weighted by Crippen LogP contribution is 2.27. The zero-order valence-corrected chi connectivity index (χ0v) is 18.1. The van der Waals surface area contributed by atoms with Crippen LogP contribution in [0.25, 0.3) is 0 Å². The van der Waals surface area contributed by atoms with Crippen LogP contribution >= 0.6 is 0 Å². The van der Waals surface area contributed by atoms with Crippen LogP contribution in [0.5, 0.6) is 0 Å². The van der Waals surface area contributed by atoms with Gasteiger partial charge in [0, 0.05) is 18.6 Å². The molecule has 33 heavy (non-hydrogen) atoms. The van der Waals surface area contributed by atoms with Gasteiger partial charge >= 0.3 is 6.09 Å². The normalized spacial score (nSPS) is 14.8. The summed E-state index contributed by atoms with van der Waals surface area (Å²) in [4.78, 5) is 38.3. The van der Waals surface area contributed by atoms with Crippen LogP contribution in [0.15, 0.2) is 72.8 Å². The summed E-state index contributed by atoms with van der Waals surface area (Å²) < 4.78 is 5.51. The third-order valence-corrected chi connectivity index (χ3v) is 5.68. The van der Waals surface area contributed by atoms with Gasteiger partial charge in [0.15, 0.2) is 0 Å². The second-order valence-corrected chi connectivity index (χ2v) is 7.90. The molecule has 0 fully saturated rings. The van der Waals surface area contributed by atoms with Crippen molar-refractivity contribution in [1.29, 1.82) is 0 Å². The first-order chi connectivity index (χ1) is 15.9. The number of nitro benzene ring substituents is 1. The van der Waals surface area contributed by atoms with Gasteiger partial charge in [0.2, 0.25) is 5.91 Å². The van der Waals surface area contributed by atoms with Crippen molar-refractivity contribution in [2.75, 3.05) is 5.32 Å². The fourth-order valence-electron chi connectivity index (χ4n) is 3.83. The third-order valence-electron chi connectivity index (χ3n) is 5.68. The van der Waals surface area contributed by atoms with Gasteiger partial charge in [-0.3, -0.25) is 19.8 Å². The summed E-state index contributed by atoms with van der Waals surface area (Å²) in [7, 11) is 0. The van der Waals surface area contributed by atoms with Gasteiger partial charge in [-0.15, -0.1) is 0 Å². The number of hydrogen-bond acceptors (Lipinski definition) is 5. The minimum absolute atomic E-state index is 0.0934. The Kier molecular flexibility index (Phi) is 6.35. The summed E-state index contributed by atoms with van der Waals surface area (Å²) in [5.74, 6) is -0.426. The number of ether oxygens (including phenoxy) is 1. The van der Waals surface area contributed by atoms with E-state index in [0.717, 1.165) is 16.7 Å². The van der Waals surface area contributed by atoms with Gasteiger partial charge in [-0.2, -0.15) is 0 Å². The second-order valence-electron chi connectivity index (χ2n) is 7.90. The molecule has 1 heterocycles. The number of anilines is 1. The molecule has 168 valence electrons. The molecular formula is C25H23N3O5. The molecule has 0 aliphatic carbocycles. The Bertz CT molecular complexity index is 1200. The molecule has 0 radical (unpaired) electrons. The van der Waals surface area contributed by atoms with Gasteiger partial charge in [-0.25, -0.2) is 4.79 Å². The van der Waals surface area contributed by atoms with E-state index in [-0.39, 0.29) is 18.8 Å². The zero-order chi connectivity index (χ0) is 23.4. The summed E-state index contributed by atoms with van der Waals surface area (Å²) in [5.41, 5.74) is 3.67. The van der Waals surface area contributed by atoms with Crippen molar-refractivity contribution in [3.63, 3.8) is 0 Å². The quantitative estimate of drug-likeness (QED) is 0.457. The smallest absolute Gasteiger partial charge is 0.411 e. The predicted octanol–water partition coefficient (Wildman–Crippen LogP) is 4.61. The molecule has 0 saturated carbocycles. The van der Waals surface area contributed by atoms with Crippen molar-refractivity contribution < 1.29 is 19.2 Å². The number of aryl methyl sites for hydroxylation is 1. The highest BCUT2D eigenvalue weighted by atomic mass is 16.6. The van der Waals surface area contributed by atoms with Crippen molar-refractivity contribution in [3.8, 4) is 0 Å². The van der Waals surface area contributed by atoms with Gasteiger partial charge in [0.25, 0.3) is 5.69 Å². The number of carbonyl (C=O) groups excluding carboxylic acids is 2. The number of amides is 2. The minimum Gasteiger partial charge on any atom is -0.445 e. The van der Waals surface area contributed by atoms with Crippen LogP contribution in [0, 0.1) is 17.0 Å². The largest absolute Gasteiger partial charge is 0.445 e. The van der Waals surface area contributed by atoms with Gasteiger partial charge in [0.05, 0.1) is 17.2 Å². The van der Waals surface area contributed by atoms with E-state index in [9.17, 15) is 19.7 Å². The average molecular weight is 445 g/mol. The van der Waals surface area contributed by atoms with E-state index in [4.69, 9.17) is 4.74 Å². The Balaban J connectivity index is 1.56. The fraction of sp³-hybridized carbons (Fsp3) is 0.200. The number of nitro groups is 1. The lowest BCUT2D eigenvalue weighted by atomic mass is 9.93. The van der Waals surface area contributed by atoms with Crippen LogP contribution in [0.4, 0.5) is 16.2 Å². The Hall–Kier alpha value is -4.20. The molecule has 0 bridgehead atoms. The lowest BCUT2D eigenvalue weighted by molar-refractivity contribution is -0.384. The molecule has 1 atom stereocenters. The van der Waals surface area contributed by atoms with E-state index >= 15 is 0 Å². The average Bonchev–Trinajstić information content (AvgIpc) is 2.83. The number of rotatable bonds is 5. The summed E-state index contributed by atoms with van der Waals surface area (Å²) >= 11 is 0. The Morgan fingerprint density at radius 2 is 1.76 bits per heavy atom. The molecule has 1 N–H and O–H groups in total. The molecule has 0 unspecified atom stereocenters. The zero-order valence-electron chi connectivity index (χ0n) is 18.1. The molecule has 8 nitrogen and oxygen atoms in total. The summed E-state index contributed by atoms with van der Waals surface area (Å²) in [6, 6.07) is 20.4. The van der Waals surface area contributed by atoms with Crippen molar-refractivity contribution in [2.24, 2.45) is 0 Å². The van der Waals surface area contributed by atoms with E-state index in [1.54, 1.807) is 13.0 Å². The number of nitrogens with one attached hydrogen (secondary N) is 1. The van der Waals surface area contributed by atoms with E-state index < -0.39 is 23.0 Å². The Morgan fingerprint density at radius 3 is 2.48 bits per heavy atom. The van der Waals surface area contributed by atoms with E-state index in [2.05, 4.69) is 5.32 Å². The Morgan fingerprint density at radius 1 is 1.06 bits per heavy atom. The number of hydrogen-bond donors (Lipinski definition) is 1. The molecule has 1 aliphatic heterocycles. The molecule has 3 aromatic rings. The van der Waals surface area contributed by atoms with Crippen molar-refractivity contribution in [2.45, 2.75) is 32.5 Å². The van der Waals surface area contributed by atoms with E-state index in [1.165, 1.54) is 17.0 Å². The summed E-state index contributed by atoms with van der Waals surface area (Å²) in [5, 5.41) is 13.9. The molecule has 0 aromatic heterocycles. The maximum Gasteiger partial charge on any atom is 0.411 e. The molecule has 3 aromatic carbocycles. The van der Waals surface area contributed by atoms with Crippen molar-refractivity contribution in [3.05, 3.63) is 105 Å². The molecule has 1 aliphatic rings. The maximum atomic E-state index is 13.3. The number of carbonyl (C=O) groups is 2. The van der Waals surface area contributed by atoms with Crippen LogP contribution in [0.1, 0.15) is 22.3 Å². The summed E-state index contributed by atoms with van der Waals surface area (Å²) in [6.45, 7) is 2.08. The Labute approximate surface area is 190 Å². The van der Waals surface area contributed by atoms with Crippen LogP contribution in [0.2, 0.25) is 0 Å². The molecular weight excluding hydrogens is 422 g/mol. The predicted molar refractivity (Wildman–Crippen MR) is 123 cm³/mol. The standard InChI is InChI=1S/C25H23N3O5/c1-17-11-12-21(28(31)32)14-22(17)26-24(29)23-13-19-9-5-6-10-20(19)15-27(23)25(30)33-16-18-7-3-2-4-8-18/h2-12,14,23H,13,15-16H2,1H3,(H,26,29)/t23-/m0/s1. The lowest BCUT2D eigenvalue weighted by Gasteiger charge is -2.35. The first-order valence-electron chi connectivity index (χ1n) is 10.5. The number of nitrogens with zero attached hydrogens (tertiary/aromatic N) is 2. The van der Waals surface area contributed by atoms with Crippen LogP contribution in [0.3, 0.4) is 0 Å². The summed E-state index contributed by atoms with van der Waals surface area (Å²) in [6.07, 6.45) is -0.277.